The first-order chi connectivity index (χ1) is 16.4. The second-order valence-electron chi connectivity index (χ2n) is 7.40. The average Bonchev–Trinajstić information content (AvgIpc) is 2.83. The molecule has 4 aromatic rings. The lowest BCUT2D eigenvalue weighted by molar-refractivity contribution is 0.0696. The molecule has 0 aromatic heterocycles. The molecule has 0 aliphatic carbocycles. The van der Waals surface area contributed by atoms with Gasteiger partial charge in [-0.2, -0.15) is 5.10 Å². The van der Waals surface area contributed by atoms with Crippen molar-refractivity contribution in [2.45, 2.75) is 6.61 Å². The van der Waals surface area contributed by atoms with Crippen LogP contribution in [0, 0.1) is 0 Å². The topological polar surface area (TPSA) is 108 Å². The van der Waals surface area contributed by atoms with Gasteiger partial charge in [0.05, 0.1) is 21.8 Å². The predicted octanol–water partition coefficient (Wildman–Crippen LogP) is 5.35. The van der Waals surface area contributed by atoms with Gasteiger partial charge in [-0.05, 0) is 80.3 Å². The van der Waals surface area contributed by atoms with Gasteiger partial charge < -0.3 is 14.9 Å². The maximum absolute atomic E-state index is 12.5. The highest BCUT2D eigenvalue weighted by molar-refractivity contribution is 9.10. The fourth-order valence-electron chi connectivity index (χ4n) is 3.25. The van der Waals surface area contributed by atoms with Crippen molar-refractivity contribution in [2.24, 2.45) is 5.10 Å². The Labute approximate surface area is 203 Å². The summed E-state index contributed by atoms with van der Waals surface area (Å²) >= 11 is 3.46. The minimum absolute atomic E-state index is 0.117. The molecule has 0 fully saturated rings. The molecule has 0 aliphatic heterocycles. The summed E-state index contributed by atoms with van der Waals surface area (Å²) in [5.74, 6) is -1.01. The Morgan fingerprint density at radius 3 is 2.35 bits per heavy atom. The lowest BCUT2D eigenvalue weighted by Gasteiger charge is -2.09. The maximum atomic E-state index is 12.5. The Kier molecular flexibility index (Phi) is 6.89. The molecule has 0 radical (unpaired) electrons. The number of carbonyl (C=O) groups is 2. The third kappa shape index (κ3) is 5.41. The molecule has 0 aliphatic rings. The zero-order valence-electron chi connectivity index (χ0n) is 17.7. The highest BCUT2D eigenvalue weighted by Gasteiger charge is 2.12. The third-order valence-corrected chi connectivity index (χ3v) is 5.66. The monoisotopic (exact) mass is 518 g/mol. The number of amides is 1. The van der Waals surface area contributed by atoms with Gasteiger partial charge in [0.1, 0.15) is 18.1 Å². The quantitative estimate of drug-likeness (QED) is 0.225. The van der Waals surface area contributed by atoms with Gasteiger partial charge in [0.15, 0.2) is 0 Å². The number of halogens is 1. The van der Waals surface area contributed by atoms with Gasteiger partial charge in [-0.1, -0.05) is 36.4 Å². The van der Waals surface area contributed by atoms with E-state index in [0.717, 1.165) is 16.3 Å². The minimum Gasteiger partial charge on any atom is -0.507 e. The number of hydrogen-bond acceptors (Lipinski definition) is 5. The number of ether oxygens (including phenoxy) is 1. The van der Waals surface area contributed by atoms with Crippen LogP contribution in [0.1, 0.15) is 31.8 Å². The summed E-state index contributed by atoms with van der Waals surface area (Å²) in [4.78, 5) is 23.4. The third-order valence-electron chi connectivity index (χ3n) is 5.04. The summed E-state index contributed by atoms with van der Waals surface area (Å²) in [6.07, 6.45) is 1.48. The number of phenols is 1. The predicted molar refractivity (Wildman–Crippen MR) is 133 cm³/mol. The second kappa shape index (κ2) is 10.2. The number of carbonyl (C=O) groups excluding carboxylic acids is 1. The van der Waals surface area contributed by atoms with Crippen LogP contribution >= 0.6 is 15.9 Å². The summed E-state index contributed by atoms with van der Waals surface area (Å²) in [6.45, 7) is 0.275. The normalized spacial score (nSPS) is 11.0. The van der Waals surface area contributed by atoms with Crippen LogP contribution in [0.4, 0.5) is 0 Å². The van der Waals surface area contributed by atoms with Crippen molar-refractivity contribution < 1.29 is 24.5 Å². The number of nitrogens with one attached hydrogen (secondary N) is 1. The Hall–Kier alpha value is -4.17. The smallest absolute Gasteiger partial charge is 0.335 e. The molecule has 34 heavy (non-hydrogen) atoms. The van der Waals surface area contributed by atoms with E-state index in [4.69, 9.17) is 9.84 Å². The fraction of sp³-hybridized carbons (Fsp3) is 0.0385. The van der Waals surface area contributed by atoms with E-state index in [1.807, 2.05) is 24.3 Å². The van der Waals surface area contributed by atoms with Crippen LogP contribution in [-0.4, -0.2) is 28.3 Å². The Balaban J connectivity index is 1.37. The van der Waals surface area contributed by atoms with Crippen molar-refractivity contribution in [1.29, 1.82) is 0 Å². The number of hydrazone groups is 1. The molecule has 7 nitrogen and oxygen atoms in total. The van der Waals surface area contributed by atoms with Crippen LogP contribution in [-0.2, 0) is 6.61 Å². The van der Waals surface area contributed by atoms with Crippen LogP contribution in [0.2, 0.25) is 0 Å². The molecule has 4 aromatic carbocycles. The van der Waals surface area contributed by atoms with E-state index in [0.29, 0.717) is 15.8 Å². The number of hydrogen-bond donors (Lipinski definition) is 3. The number of fused-ring (bicyclic) bond motifs is 1. The van der Waals surface area contributed by atoms with Crippen LogP contribution < -0.4 is 10.2 Å². The van der Waals surface area contributed by atoms with Gasteiger partial charge >= 0.3 is 5.97 Å². The van der Waals surface area contributed by atoms with Crippen LogP contribution in [0.15, 0.2) is 88.4 Å². The minimum atomic E-state index is -0.974. The molecule has 0 unspecified atom stereocenters. The second-order valence-corrected chi connectivity index (χ2v) is 8.25. The van der Waals surface area contributed by atoms with Gasteiger partial charge in [-0.15, -0.1) is 0 Å². The largest absolute Gasteiger partial charge is 0.507 e. The van der Waals surface area contributed by atoms with Crippen molar-refractivity contribution in [1.82, 2.24) is 5.43 Å². The molecule has 0 spiro atoms. The molecule has 0 bridgehead atoms. The number of benzene rings is 4. The number of aromatic hydroxyl groups is 1. The van der Waals surface area contributed by atoms with E-state index in [2.05, 4.69) is 26.5 Å². The summed E-state index contributed by atoms with van der Waals surface area (Å²) in [5.41, 5.74) is 4.33. The first-order valence-corrected chi connectivity index (χ1v) is 11.0. The summed E-state index contributed by atoms with van der Waals surface area (Å²) in [5, 5.41) is 24.8. The van der Waals surface area contributed by atoms with E-state index in [9.17, 15) is 14.7 Å². The van der Waals surface area contributed by atoms with Gasteiger partial charge in [0.25, 0.3) is 5.91 Å². The van der Waals surface area contributed by atoms with Crippen molar-refractivity contribution in [3.63, 3.8) is 0 Å². The first-order valence-electron chi connectivity index (χ1n) is 10.2. The molecule has 3 N–H and O–H groups in total. The molecule has 170 valence electrons. The van der Waals surface area contributed by atoms with E-state index < -0.39 is 11.9 Å². The first kappa shape index (κ1) is 23.0. The number of carboxylic acid groups (broad SMARTS) is 1. The summed E-state index contributed by atoms with van der Waals surface area (Å²) in [6, 6.07) is 22.4. The number of nitrogens with zero attached hydrogens (tertiary/aromatic N) is 1. The van der Waals surface area contributed by atoms with Crippen molar-refractivity contribution in [3.8, 4) is 11.5 Å². The van der Waals surface area contributed by atoms with Crippen molar-refractivity contribution in [3.05, 3.63) is 106 Å². The zero-order valence-corrected chi connectivity index (χ0v) is 19.3. The lowest BCUT2D eigenvalue weighted by atomic mass is 10.1. The maximum Gasteiger partial charge on any atom is 0.335 e. The molecule has 0 saturated heterocycles. The molecule has 8 heteroatoms. The molecule has 1 amide bonds. The number of phenolic OH excluding ortho intramolecular Hbond substituents is 1. The standard InChI is InChI=1S/C26H19BrN2O5/c27-22-11-17(7-10-24(22)34-15-16-5-8-18(9-6-16)26(32)33)14-28-29-25(31)21-12-19-3-1-2-4-20(19)13-23(21)30/h1-14,30H,15H2,(H,29,31)(H,32,33). The van der Waals surface area contributed by atoms with Crippen LogP contribution in [0.5, 0.6) is 11.5 Å². The molecule has 4 rings (SSSR count). The van der Waals surface area contributed by atoms with E-state index in [-0.39, 0.29) is 23.5 Å². The molecular weight excluding hydrogens is 500 g/mol. The Morgan fingerprint density at radius 2 is 1.68 bits per heavy atom. The highest BCUT2D eigenvalue weighted by atomic mass is 79.9. The van der Waals surface area contributed by atoms with Crippen LogP contribution in [0.25, 0.3) is 10.8 Å². The van der Waals surface area contributed by atoms with E-state index in [1.54, 1.807) is 42.5 Å². The molecule has 0 saturated carbocycles. The summed E-state index contributed by atoms with van der Waals surface area (Å²) in [7, 11) is 0. The number of aromatic carboxylic acids is 1. The molecule has 0 atom stereocenters. The fourth-order valence-corrected chi connectivity index (χ4v) is 3.77. The summed E-state index contributed by atoms with van der Waals surface area (Å²) < 4.78 is 6.48. The van der Waals surface area contributed by atoms with Crippen molar-refractivity contribution in [2.75, 3.05) is 0 Å². The molecule has 0 heterocycles. The van der Waals surface area contributed by atoms with E-state index in [1.165, 1.54) is 18.3 Å². The highest BCUT2D eigenvalue weighted by Crippen LogP contribution is 2.27. The van der Waals surface area contributed by atoms with Crippen LogP contribution in [0.3, 0.4) is 0 Å². The van der Waals surface area contributed by atoms with Gasteiger partial charge in [-0.3, -0.25) is 4.79 Å². The Morgan fingerprint density at radius 1 is 0.971 bits per heavy atom. The number of rotatable bonds is 7. The van der Waals surface area contributed by atoms with Gasteiger partial charge in [0.2, 0.25) is 0 Å². The SMILES string of the molecule is O=C(O)c1ccc(COc2ccc(C=NNC(=O)c3cc4ccccc4cc3O)cc2Br)cc1. The van der Waals surface area contributed by atoms with Gasteiger partial charge in [-0.25, -0.2) is 10.2 Å². The average molecular weight is 519 g/mol. The van der Waals surface area contributed by atoms with Crippen molar-refractivity contribution >= 4 is 44.8 Å². The zero-order chi connectivity index (χ0) is 24.1. The Bertz CT molecular complexity index is 1400. The van der Waals surface area contributed by atoms with Gasteiger partial charge in [0, 0.05) is 0 Å². The number of carboxylic acids is 1. The van der Waals surface area contributed by atoms with E-state index >= 15 is 0 Å². The lowest BCUT2D eigenvalue weighted by Crippen LogP contribution is -2.17. The molecular formula is C26H19BrN2O5.